The van der Waals surface area contributed by atoms with Gasteiger partial charge in [0.15, 0.2) is 11.8 Å². The molecule has 8 heteroatoms. The summed E-state index contributed by atoms with van der Waals surface area (Å²) in [5.41, 5.74) is 1.07. The molecular formula is C21H23Cl2NO5. The zero-order chi connectivity index (χ0) is 21.4. The molecule has 0 bridgehead atoms. The van der Waals surface area contributed by atoms with Gasteiger partial charge in [-0.25, -0.2) is 4.79 Å². The number of aliphatic hydroxyl groups is 1. The van der Waals surface area contributed by atoms with Gasteiger partial charge in [0.2, 0.25) is 0 Å². The summed E-state index contributed by atoms with van der Waals surface area (Å²) < 4.78 is 10.6. The molecule has 0 aliphatic heterocycles. The second-order valence-corrected chi connectivity index (χ2v) is 7.04. The molecule has 6 nitrogen and oxygen atoms in total. The molecule has 2 aromatic rings. The summed E-state index contributed by atoms with van der Waals surface area (Å²) in [6.07, 6.45) is -0.824. The van der Waals surface area contributed by atoms with Gasteiger partial charge in [0.05, 0.1) is 22.8 Å². The first-order valence-corrected chi connectivity index (χ1v) is 9.94. The average molecular weight is 440 g/mol. The number of carbonyl (C=O) groups is 2. The van der Waals surface area contributed by atoms with Crippen molar-refractivity contribution in [1.82, 2.24) is 5.32 Å². The third-order valence-electron chi connectivity index (χ3n) is 4.12. The van der Waals surface area contributed by atoms with E-state index in [0.717, 1.165) is 5.56 Å². The second kappa shape index (κ2) is 11.0. The highest BCUT2D eigenvalue weighted by Gasteiger charge is 2.29. The van der Waals surface area contributed by atoms with Crippen molar-refractivity contribution >= 4 is 35.1 Å². The topological polar surface area (TPSA) is 84.9 Å². The summed E-state index contributed by atoms with van der Waals surface area (Å²) in [7, 11) is 0. The zero-order valence-electron chi connectivity index (χ0n) is 16.2. The first-order valence-electron chi connectivity index (χ1n) is 9.18. The van der Waals surface area contributed by atoms with Crippen molar-refractivity contribution in [3.05, 3.63) is 63.6 Å². The number of aliphatic hydroxyl groups excluding tert-OH is 1. The van der Waals surface area contributed by atoms with Gasteiger partial charge >= 0.3 is 5.97 Å². The van der Waals surface area contributed by atoms with Crippen LogP contribution in [0.4, 0.5) is 0 Å². The summed E-state index contributed by atoms with van der Waals surface area (Å²) in [5, 5.41) is 12.8. The average Bonchev–Trinajstić information content (AvgIpc) is 2.71. The largest absolute Gasteiger partial charge is 0.486 e. The van der Waals surface area contributed by atoms with Crippen LogP contribution in [-0.2, 0) is 16.1 Å². The number of carbonyl (C=O) groups excluding carboxylic acids is 2. The lowest BCUT2D eigenvalue weighted by molar-refractivity contribution is -0.148. The molecule has 156 valence electrons. The van der Waals surface area contributed by atoms with E-state index < -0.39 is 24.0 Å². The summed E-state index contributed by atoms with van der Waals surface area (Å²) >= 11 is 12.5. The fourth-order valence-electron chi connectivity index (χ4n) is 2.56. The Labute approximate surface area is 179 Å². The van der Waals surface area contributed by atoms with E-state index in [-0.39, 0.29) is 41.0 Å². The second-order valence-electron chi connectivity index (χ2n) is 6.22. The number of esters is 1. The molecule has 0 spiro atoms. The minimum Gasteiger partial charge on any atom is -0.486 e. The van der Waals surface area contributed by atoms with E-state index in [2.05, 4.69) is 5.32 Å². The van der Waals surface area contributed by atoms with E-state index in [9.17, 15) is 14.7 Å². The Morgan fingerprint density at radius 1 is 1.10 bits per heavy atom. The van der Waals surface area contributed by atoms with Crippen molar-refractivity contribution in [2.45, 2.75) is 39.0 Å². The van der Waals surface area contributed by atoms with Crippen LogP contribution in [0.15, 0.2) is 42.5 Å². The number of amides is 1. The van der Waals surface area contributed by atoms with Gasteiger partial charge in [-0.15, -0.1) is 0 Å². The minimum atomic E-state index is -1.20. The Kier molecular flexibility index (Phi) is 8.76. The molecule has 2 N–H and O–H groups in total. The van der Waals surface area contributed by atoms with Crippen LogP contribution in [0, 0.1) is 0 Å². The van der Waals surface area contributed by atoms with Crippen LogP contribution in [0.5, 0.6) is 5.75 Å². The highest BCUT2D eigenvalue weighted by Crippen LogP contribution is 2.35. The van der Waals surface area contributed by atoms with Gasteiger partial charge in [-0.05, 0) is 31.0 Å². The van der Waals surface area contributed by atoms with Crippen molar-refractivity contribution in [2.75, 3.05) is 6.61 Å². The molecule has 0 aliphatic carbocycles. The predicted octanol–water partition coefficient (Wildman–Crippen LogP) is 4.00. The Hall–Kier alpha value is -2.28. The summed E-state index contributed by atoms with van der Waals surface area (Å²) in [4.78, 5) is 24.6. The van der Waals surface area contributed by atoms with Crippen molar-refractivity contribution in [3.8, 4) is 5.75 Å². The van der Waals surface area contributed by atoms with Gasteiger partial charge in [0.25, 0.3) is 5.91 Å². The number of halogens is 2. The van der Waals surface area contributed by atoms with E-state index >= 15 is 0 Å². The van der Waals surface area contributed by atoms with Crippen LogP contribution in [0.25, 0.3) is 0 Å². The minimum absolute atomic E-state index is 0.129. The first kappa shape index (κ1) is 23.0. The maximum absolute atomic E-state index is 12.6. The fourth-order valence-corrected chi connectivity index (χ4v) is 3.16. The predicted molar refractivity (Wildman–Crippen MR) is 111 cm³/mol. The highest BCUT2D eigenvalue weighted by atomic mass is 35.5. The van der Waals surface area contributed by atoms with Crippen LogP contribution in [0.1, 0.15) is 36.2 Å². The van der Waals surface area contributed by atoms with Crippen LogP contribution in [-0.4, -0.2) is 35.7 Å². The molecule has 0 fully saturated rings. The van der Waals surface area contributed by atoms with E-state index in [1.165, 1.54) is 12.1 Å². The normalized spacial score (nSPS) is 12.7. The molecule has 2 atom stereocenters. The van der Waals surface area contributed by atoms with Crippen LogP contribution in [0.3, 0.4) is 0 Å². The number of hydrogen-bond acceptors (Lipinski definition) is 5. The number of rotatable bonds is 9. The quantitative estimate of drug-likeness (QED) is 0.576. The van der Waals surface area contributed by atoms with Gasteiger partial charge in [0.1, 0.15) is 6.61 Å². The molecule has 0 heterocycles. The van der Waals surface area contributed by atoms with Gasteiger partial charge in [-0.2, -0.15) is 0 Å². The monoisotopic (exact) mass is 439 g/mol. The number of nitrogens with one attached hydrogen (secondary N) is 1. The van der Waals surface area contributed by atoms with Crippen molar-refractivity contribution in [3.63, 3.8) is 0 Å². The zero-order valence-corrected chi connectivity index (χ0v) is 17.7. The Morgan fingerprint density at radius 2 is 1.72 bits per heavy atom. The lowest BCUT2D eigenvalue weighted by Gasteiger charge is -2.21. The third kappa shape index (κ3) is 6.35. The molecule has 0 aliphatic rings. The van der Waals surface area contributed by atoms with Gasteiger partial charge in [-0.3, -0.25) is 4.79 Å². The fraction of sp³-hybridized carbons (Fsp3) is 0.333. The van der Waals surface area contributed by atoms with Crippen LogP contribution >= 0.6 is 23.2 Å². The number of hydrogen-bond donors (Lipinski definition) is 2. The molecule has 2 aromatic carbocycles. The standard InChI is InChI=1S/C21H23Cl2NO5/c1-3-17(25)18(21(27)28-4-2)24-20(26)14-10-15(22)19(16(23)11-14)29-12-13-8-6-5-7-9-13/h5-11,17-18,25H,3-4,12H2,1-2H3,(H,24,26). The molecule has 29 heavy (non-hydrogen) atoms. The lowest BCUT2D eigenvalue weighted by Crippen LogP contribution is -2.49. The van der Waals surface area contributed by atoms with Crippen molar-refractivity contribution in [2.24, 2.45) is 0 Å². The lowest BCUT2D eigenvalue weighted by atomic mass is 10.1. The van der Waals surface area contributed by atoms with Gasteiger partial charge in [0, 0.05) is 5.56 Å². The molecule has 1 amide bonds. The molecular weight excluding hydrogens is 417 g/mol. The Balaban J connectivity index is 2.15. The van der Waals surface area contributed by atoms with E-state index in [0.29, 0.717) is 0 Å². The maximum Gasteiger partial charge on any atom is 0.331 e. The summed E-state index contributed by atoms with van der Waals surface area (Å²) in [6.45, 7) is 3.73. The molecule has 0 saturated carbocycles. The Morgan fingerprint density at radius 3 is 2.28 bits per heavy atom. The van der Waals surface area contributed by atoms with Crippen LogP contribution in [0.2, 0.25) is 10.0 Å². The summed E-state index contributed by atoms with van der Waals surface area (Å²) in [5.74, 6) is -1.08. The first-order chi connectivity index (χ1) is 13.9. The molecule has 0 saturated heterocycles. The summed E-state index contributed by atoms with van der Waals surface area (Å²) in [6, 6.07) is 11.1. The van der Waals surface area contributed by atoms with Gasteiger partial charge < -0.3 is 19.9 Å². The number of benzene rings is 2. The van der Waals surface area contributed by atoms with Crippen molar-refractivity contribution in [1.29, 1.82) is 0 Å². The molecule has 0 aromatic heterocycles. The van der Waals surface area contributed by atoms with E-state index in [1.807, 2.05) is 30.3 Å². The SMILES string of the molecule is CCOC(=O)C(NC(=O)c1cc(Cl)c(OCc2ccccc2)c(Cl)c1)C(O)CC. The molecule has 2 rings (SSSR count). The highest BCUT2D eigenvalue weighted by molar-refractivity contribution is 6.37. The van der Waals surface area contributed by atoms with Gasteiger partial charge in [-0.1, -0.05) is 60.5 Å². The Bertz CT molecular complexity index is 821. The van der Waals surface area contributed by atoms with E-state index in [1.54, 1.807) is 13.8 Å². The van der Waals surface area contributed by atoms with Crippen LogP contribution < -0.4 is 10.1 Å². The van der Waals surface area contributed by atoms with Crippen molar-refractivity contribution < 1.29 is 24.2 Å². The third-order valence-corrected chi connectivity index (χ3v) is 4.68. The van der Waals surface area contributed by atoms with E-state index in [4.69, 9.17) is 32.7 Å². The maximum atomic E-state index is 12.6. The number of ether oxygens (including phenoxy) is 2. The smallest absolute Gasteiger partial charge is 0.331 e. The molecule has 2 unspecified atom stereocenters. The molecule has 0 radical (unpaired) electrons.